The Balaban J connectivity index is 1.94. The second-order valence-corrected chi connectivity index (χ2v) is 5.00. The number of benzene rings is 1. The lowest BCUT2D eigenvalue weighted by molar-refractivity contribution is -0.136. The zero-order valence-electron chi connectivity index (χ0n) is 11.0. The molecule has 0 saturated heterocycles. The summed E-state index contributed by atoms with van der Waals surface area (Å²) < 4.78 is 0. The van der Waals surface area contributed by atoms with E-state index >= 15 is 0 Å². The van der Waals surface area contributed by atoms with Crippen LogP contribution in [-0.2, 0) is 9.59 Å². The summed E-state index contributed by atoms with van der Waals surface area (Å²) in [5.74, 6) is -1.26. The Kier molecular flexibility index (Phi) is 4.04. The van der Waals surface area contributed by atoms with E-state index in [1.165, 1.54) is 0 Å². The van der Waals surface area contributed by atoms with Crippen molar-refractivity contribution in [1.82, 2.24) is 5.32 Å². The van der Waals surface area contributed by atoms with E-state index in [1.807, 2.05) is 13.0 Å². The number of amides is 2. The second kappa shape index (κ2) is 5.73. The van der Waals surface area contributed by atoms with Gasteiger partial charge in [0.25, 0.3) is 0 Å². The molecule has 0 aliphatic heterocycles. The van der Waals surface area contributed by atoms with Crippen molar-refractivity contribution in [2.75, 3.05) is 11.1 Å². The van der Waals surface area contributed by atoms with Gasteiger partial charge < -0.3 is 16.4 Å². The fourth-order valence-electron chi connectivity index (χ4n) is 2.30. The van der Waals surface area contributed by atoms with Crippen molar-refractivity contribution in [1.29, 1.82) is 0 Å². The molecular weight excluding hydrogens is 242 g/mol. The Morgan fingerprint density at radius 1 is 1.21 bits per heavy atom. The minimum absolute atomic E-state index is 0.133. The minimum atomic E-state index is -0.664. The highest BCUT2D eigenvalue weighted by Gasteiger charge is 2.21. The highest BCUT2D eigenvalue weighted by molar-refractivity contribution is 6.40. The van der Waals surface area contributed by atoms with Crippen LogP contribution >= 0.6 is 0 Å². The minimum Gasteiger partial charge on any atom is -0.397 e. The summed E-state index contributed by atoms with van der Waals surface area (Å²) in [7, 11) is 0. The molecule has 0 spiro atoms. The number of nitrogens with one attached hydrogen (secondary N) is 2. The zero-order valence-corrected chi connectivity index (χ0v) is 11.0. The van der Waals surface area contributed by atoms with Crippen LogP contribution in [0.3, 0.4) is 0 Å². The summed E-state index contributed by atoms with van der Waals surface area (Å²) in [5.41, 5.74) is 7.72. The molecule has 2 rings (SSSR count). The molecule has 0 aromatic heterocycles. The Hall–Kier alpha value is -2.04. The number of nitrogen functional groups attached to an aromatic ring is 1. The standard InChI is InChI=1S/C14H19N3O2/c1-9-6-7-12(11(15)8-9)17-14(19)13(18)16-10-4-2-3-5-10/h6-8,10H,2-5,15H2,1H3,(H,16,18)(H,17,19). The van der Waals surface area contributed by atoms with Crippen molar-refractivity contribution in [2.24, 2.45) is 0 Å². The van der Waals surface area contributed by atoms with Crippen LogP contribution in [0.1, 0.15) is 31.2 Å². The molecule has 102 valence electrons. The van der Waals surface area contributed by atoms with E-state index in [4.69, 9.17) is 5.73 Å². The molecule has 0 atom stereocenters. The van der Waals surface area contributed by atoms with Crippen molar-refractivity contribution >= 4 is 23.2 Å². The van der Waals surface area contributed by atoms with Crippen LogP contribution < -0.4 is 16.4 Å². The molecule has 1 saturated carbocycles. The average Bonchev–Trinajstić information content (AvgIpc) is 2.85. The zero-order chi connectivity index (χ0) is 13.8. The second-order valence-electron chi connectivity index (χ2n) is 5.00. The Morgan fingerprint density at radius 3 is 2.53 bits per heavy atom. The van der Waals surface area contributed by atoms with Gasteiger partial charge in [-0.2, -0.15) is 0 Å². The van der Waals surface area contributed by atoms with E-state index in [0.29, 0.717) is 11.4 Å². The molecule has 1 fully saturated rings. The number of hydrogen-bond donors (Lipinski definition) is 3. The maximum Gasteiger partial charge on any atom is 0.313 e. The molecule has 0 bridgehead atoms. The first-order chi connectivity index (χ1) is 9.06. The third-order valence-corrected chi connectivity index (χ3v) is 3.35. The van der Waals surface area contributed by atoms with Gasteiger partial charge in [-0.05, 0) is 37.5 Å². The van der Waals surface area contributed by atoms with Gasteiger partial charge >= 0.3 is 11.8 Å². The van der Waals surface area contributed by atoms with Crippen LogP contribution in [0.2, 0.25) is 0 Å². The molecule has 0 radical (unpaired) electrons. The molecule has 5 heteroatoms. The van der Waals surface area contributed by atoms with Crippen LogP contribution in [0.4, 0.5) is 11.4 Å². The van der Waals surface area contributed by atoms with Crippen molar-refractivity contribution in [2.45, 2.75) is 38.6 Å². The van der Waals surface area contributed by atoms with E-state index in [-0.39, 0.29) is 6.04 Å². The smallest absolute Gasteiger partial charge is 0.313 e. The number of aryl methyl sites for hydroxylation is 1. The van der Waals surface area contributed by atoms with Crippen LogP contribution in [0.5, 0.6) is 0 Å². The number of carbonyl (C=O) groups is 2. The Labute approximate surface area is 112 Å². The first-order valence-corrected chi connectivity index (χ1v) is 6.54. The van der Waals surface area contributed by atoms with Gasteiger partial charge in [0.15, 0.2) is 0 Å². The van der Waals surface area contributed by atoms with Gasteiger partial charge in [-0.15, -0.1) is 0 Å². The Morgan fingerprint density at radius 2 is 1.89 bits per heavy atom. The van der Waals surface area contributed by atoms with E-state index in [9.17, 15) is 9.59 Å². The van der Waals surface area contributed by atoms with Crippen LogP contribution in [-0.4, -0.2) is 17.9 Å². The lowest BCUT2D eigenvalue weighted by Crippen LogP contribution is -2.40. The van der Waals surface area contributed by atoms with Gasteiger partial charge in [-0.1, -0.05) is 18.9 Å². The topological polar surface area (TPSA) is 84.2 Å². The summed E-state index contributed by atoms with van der Waals surface area (Å²) >= 11 is 0. The highest BCUT2D eigenvalue weighted by Crippen LogP contribution is 2.20. The lowest BCUT2D eigenvalue weighted by atomic mass is 10.2. The monoisotopic (exact) mass is 261 g/mol. The fraction of sp³-hybridized carbons (Fsp3) is 0.429. The quantitative estimate of drug-likeness (QED) is 0.558. The molecular formula is C14H19N3O2. The molecule has 5 nitrogen and oxygen atoms in total. The van der Waals surface area contributed by atoms with Gasteiger partial charge in [0.05, 0.1) is 11.4 Å². The van der Waals surface area contributed by atoms with Crippen molar-refractivity contribution in [3.05, 3.63) is 23.8 Å². The number of nitrogens with two attached hydrogens (primary N) is 1. The normalized spacial score (nSPS) is 15.2. The predicted molar refractivity (Wildman–Crippen MR) is 74.6 cm³/mol. The fourth-order valence-corrected chi connectivity index (χ4v) is 2.30. The average molecular weight is 261 g/mol. The third-order valence-electron chi connectivity index (χ3n) is 3.35. The summed E-state index contributed by atoms with van der Waals surface area (Å²) in [5, 5.41) is 5.27. The first-order valence-electron chi connectivity index (χ1n) is 6.54. The van der Waals surface area contributed by atoms with Crippen molar-refractivity contribution in [3.63, 3.8) is 0 Å². The van der Waals surface area contributed by atoms with Crippen LogP contribution in [0.15, 0.2) is 18.2 Å². The van der Waals surface area contributed by atoms with E-state index in [0.717, 1.165) is 31.2 Å². The Bertz CT molecular complexity index is 493. The van der Waals surface area contributed by atoms with Crippen LogP contribution in [0, 0.1) is 6.92 Å². The molecule has 0 heterocycles. The van der Waals surface area contributed by atoms with Gasteiger partial charge in [0.2, 0.25) is 0 Å². The number of hydrogen-bond acceptors (Lipinski definition) is 3. The summed E-state index contributed by atoms with van der Waals surface area (Å²) in [6, 6.07) is 5.42. The third kappa shape index (κ3) is 3.47. The number of anilines is 2. The lowest BCUT2D eigenvalue weighted by Gasteiger charge is -2.12. The SMILES string of the molecule is Cc1ccc(NC(=O)C(=O)NC2CCCC2)c(N)c1. The molecule has 19 heavy (non-hydrogen) atoms. The summed E-state index contributed by atoms with van der Waals surface area (Å²) in [6.07, 6.45) is 4.12. The molecule has 1 aliphatic rings. The number of carbonyl (C=O) groups excluding carboxylic acids is 2. The highest BCUT2D eigenvalue weighted by atomic mass is 16.2. The molecule has 4 N–H and O–H groups in total. The van der Waals surface area contributed by atoms with Gasteiger partial charge in [0, 0.05) is 6.04 Å². The van der Waals surface area contributed by atoms with E-state index < -0.39 is 11.8 Å². The molecule has 1 aromatic rings. The first kappa shape index (κ1) is 13.4. The molecule has 1 aliphatic carbocycles. The van der Waals surface area contributed by atoms with Crippen molar-refractivity contribution in [3.8, 4) is 0 Å². The summed E-state index contributed by atoms with van der Waals surface area (Å²) in [4.78, 5) is 23.5. The molecule has 1 aromatic carbocycles. The van der Waals surface area contributed by atoms with Gasteiger partial charge in [-0.25, -0.2) is 0 Å². The maximum atomic E-state index is 11.8. The van der Waals surface area contributed by atoms with E-state index in [2.05, 4.69) is 10.6 Å². The number of rotatable bonds is 2. The predicted octanol–water partition coefficient (Wildman–Crippen LogP) is 1.57. The van der Waals surface area contributed by atoms with Crippen LogP contribution in [0.25, 0.3) is 0 Å². The molecule has 0 unspecified atom stereocenters. The summed E-state index contributed by atoms with van der Waals surface area (Å²) in [6.45, 7) is 1.91. The van der Waals surface area contributed by atoms with Gasteiger partial charge in [0.1, 0.15) is 0 Å². The van der Waals surface area contributed by atoms with Crippen molar-refractivity contribution < 1.29 is 9.59 Å². The molecule has 2 amide bonds. The maximum absolute atomic E-state index is 11.8. The van der Waals surface area contributed by atoms with Gasteiger partial charge in [-0.3, -0.25) is 9.59 Å². The van der Waals surface area contributed by atoms with E-state index in [1.54, 1.807) is 12.1 Å². The largest absolute Gasteiger partial charge is 0.397 e.